The molecule has 0 radical (unpaired) electrons. The minimum Gasteiger partial charge on any atom is -0.378 e. The van der Waals surface area contributed by atoms with Crippen molar-refractivity contribution < 1.29 is 0 Å². The monoisotopic (exact) mass is 182 g/mol. The SMILES string of the molecule is CN(C)c1ccc(CNP)cc1. The summed E-state index contributed by atoms with van der Waals surface area (Å²) in [5.74, 6) is 0. The van der Waals surface area contributed by atoms with Gasteiger partial charge in [-0.2, -0.15) is 0 Å². The first-order chi connectivity index (χ1) is 5.74. The van der Waals surface area contributed by atoms with E-state index < -0.39 is 0 Å². The summed E-state index contributed by atoms with van der Waals surface area (Å²) in [4.78, 5) is 2.10. The van der Waals surface area contributed by atoms with Crippen LogP contribution in [0.15, 0.2) is 24.3 Å². The molecule has 0 bridgehead atoms. The number of nitrogens with one attached hydrogen (secondary N) is 1. The van der Waals surface area contributed by atoms with Crippen molar-refractivity contribution in [1.29, 1.82) is 0 Å². The Balaban J connectivity index is 2.71. The molecule has 3 heteroatoms. The van der Waals surface area contributed by atoms with Gasteiger partial charge in [-0.15, -0.1) is 0 Å². The Morgan fingerprint density at radius 3 is 2.25 bits per heavy atom. The van der Waals surface area contributed by atoms with Crippen LogP contribution in [0.3, 0.4) is 0 Å². The average Bonchev–Trinajstić information content (AvgIpc) is 2.06. The van der Waals surface area contributed by atoms with Crippen molar-refractivity contribution in [1.82, 2.24) is 5.09 Å². The molecule has 0 heterocycles. The highest BCUT2D eigenvalue weighted by Crippen LogP contribution is 2.11. The lowest BCUT2D eigenvalue weighted by Gasteiger charge is -2.12. The van der Waals surface area contributed by atoms with Gasteiger partial charge in [0, 0.05) is 26.3 Å². The number of nitrogens with zero attached hydrogens (tertiary/aromatic N) is 1. The number of anilines is 1. The Hall–Kier alpha value is -0.590. The molecule has 0 aliphatic heterocycles. The zero-order chi connectivity index (χ0) is 8.97. The molecular weight excluding hydrogens is 167 g/mol. The van der Waals surface area contributed by atoms with Crippen LogP contribution in [0.25, 0.3) is 0 Å². The molecule has 0 aromatic heterocycles. The van der Waals surface area contributed by atoms with E-state index in [0.29, 0.717) is 0 Å². The van der Waals surface area contributed by atoms with Crippen molar-refractivity contribution >= 4 is 15.1 Å². The Kier molecular flexibility index (Phi) is 3.51. The summed E-state index contributed by atoms with van der Waals surface area (Å²) in [5.41, 5.74) is 2.54. The Morgan fingerprint density at radius 1 is 1.25 bits per heavy atom. The molecule has 0 saturated heterocycles. The van der Waals surface area contributed by atoms with E-state index in [0.717, 1.165) is 6.54 Å². The minimum absolute atomic E-state index is 0.901. The van der Waals surface area contributed by atoms with Crippen molar-refractivity contribution in [2.45, 2.75) is 6.54 Å². The molecule has 0 aliphatic rings. The summed E-state index contributed by atoms with van der Waals surface area (Å²) < 4.78 is 0. The molecule has 0 spiro atoms. The van der Waals surface area contributed by atoms with E-state index in [2.05, 4.69) is 43.6 Å². The fourth-order valence-corrected chi connectivity index (χ4v) is 1.27. The predicted molar refractivity (Wildman–Crippen MR) is 57.3 cm³/mol. The third kappa shape index (κ3) is 2.47. The van der Waals surface area contributed by atoms with Crippen LogP contribution in [0.2, 0.25) is 0 Å². The van der Waals surface area contributed by atoms with Crippen molar-refractivity contribution in [3.63, 3.8) is 0 Å². The largest absolute Gasteiger partial charge is 0.378 e. The van der Waals surface area contributed by atoms with E-state index in [1.165, 1.54) is 11.3 Å². The summed E-state index contributed by atoms with van der Waals surface area (Å²) in [6.45, 7) is 0.901. The fourth-order valence-electron chi connectivity index (χ4n) is 1.03. The summed E-state index contributed by atoms with van der Waals surface area (Å²) in [7, 11) is 6.59. The van der Waals surface area contributed by atoms with Crippen LogP contribution in [0.4, 0.5) is 5.69 Å². The second-order valence-corrected chi connectivity index (χ2v) is 3.35. The number of hydrogen-bond acceptors (Lipinski definition) is 2. The molecule has 1 aromatic rings. The second-order valence-electron chi connectivity index (χ2n) is 2.94. The molecule has 1 N–H and O–H groups in total. The smallest absolute Gasteiger partial charge is 0.0361 e. The lowest BCUT2D eigenvalue weighted by atomic mass is 10.2. The highest BCUT2D eigenvalue weighted by Gasteiger charge is 1.94. The van der Waals surface area contributed by atoms with E-state index in [-0.39, 0.29) is 0 Å². The number of benzene rings is 1. The molecule has 1 unspecified atom stereocenters. The van der Waals surface area contributed by atoms with Gasteiger partial charge in [0.1, 0.15) is 0 Å². The van der Waals surface area contributed by atoms with Gasteiger partial charge in [-0.05, 0) is 17.7 Å². The van der Waals surface area contributed by atoms with Crippen molar-refractivity contribution in [3.8, 4) is 0 Å². The molecule has 1 atom stereocenters. The van der Waals surface area contributed by atoms with Crippen molar-refractivity contribution in [2.75, 3.05) is 19.0 Å². The Bertz CT molecular complexity index is 231. The topological polar surface area (TPSA) is 15.3 Å². The van der Waals surface area contributed by atoms with Gasteiger partial charge in [-0.25, -0.2) is 0 Å². The van der Waals surface area contributed by atoms with Gasteiger partial charge >= 0.3 is 0 Å². The lowest BCUT2D eigenvalue weighted by Crippen LogP contribution is -2.08. The van der Waals surface area contributed by atoms with Gasteiger partial charge in [0.25, 0.3) is 0 Å². The van der Waals surface area contributed by atoms with E-state index in [9.17, 15) is 0 Å². The number of rotatable bonds is 3. The van der Waals surface area contributed by atoms with Crippen LogP contribution in [-0.2, 0) is 6.54 Å². The molecule has 0 amide bonds. The van der Waals surface area contributed by atoms with Gasteiger partial charge in [0.15, 0.2) is 0 Å². The molecule has 12 heavy (non-hydrogen) atoms. The Morgan fingerprint density at radius 2 is 1.83 bits per heavy atom. The zero-order valence-electron chi connectivity index (χ0n) is 7.54. The lowest BCUT2D eigenvalue weighted by molar-refractivity contribution is 0.977. The van der Waals surface area contributed by atoms with Crippen LogP contribution in [-0.4, -0.2) is 14.1 Å². The normalized spacial score (nSPS) is 9.92. The molecule has 0 saturated carbocycles. The van der Waals surface area contributed by atoms with Crippen LogP contribution in [0, 0.1) is 0 Å². The summed E-state index contributed by atoms with van der Waals surface area (Å²) >= 11 is 0. The summed E-state index contributed by atoms with van der Waals surface area (Å²) in [5, 5.41) is 3.04. The Labute approximate surface area is 76.2 Å². The first-order valence-corrected chi connectivity index (χ1v) is 4.51. The van der Waals surface area contributed by atoms with E-state index >= 15 is 0 Å². The van der Waals surface area contributed by atoms with E-state index in [4.69, 9.17) is 0 Å². The van der Waals surface area contributed by atoms with Gasteiger partial charge in [-0.3, -0.25) is 5.09 Å². The van der Waals surface area contributed by atoms with Gasteiger partial charge in [-0.1, -0.05) is 21.5 Å². The summed E-state index contributed by atoms with van der Waals surface area (Å²) in [6.07, 6.45) is 0. The molecule has 0 aliphatic carbocycles. The molecule has 0 fully saturated rings. The third-order valence-electron chi connectivity index (χ3n) is 1.76. The quantitative estimate of drug-likeness (QED) is 0.715. The second kappa shape index (κ2) is 4.44. The standard InChI is InChI=1S/C9H15N2P/c1-11(2)9-5-3-8(4-6-9)7-10-12/h3-6,10H,7,12H2,1-2H3. The summed E-state index contributed by atoms with van der Waals surface area (Å²) in [6, 6.07) is 8.51. The molecule has 66 valence electrons. The van der Waals surface area contributed by atoms with Crippen LogP contribution >= 0.6 is 9.39 Å². The maximum atomic E-state index is 3.04. The average molecular weight is 182 g/mol. The highest BCUT2D eigenvalue weighted by atomic mass is 31.0. The van der Waals surface area contributed by atoms with Crippen LogP contribution < -0.4 is 9.99 Å². The van der Waals surface area contributed by atoms with Crippen LogP contribution in [0.5, 0.6) is 0 Å². The first kappa shape index (κ1) is 9.50. The predicted octanol–water partition coefficient (Wildman–Crippen LogP) is 1.63. The molecular formula is C9H15N2P. The maximum Gasteiger partial charge on any atom is 0.0361 e. The maximum absolute atomic E-state index is 3.04. The zero-order valence-corrected chi connectivity index (χ0v) is 8.70. The number of hydrogen-bond donors (Lipinski definition) is 1. The van der Waals surface area contributed by atoms with Crippen molar-refractivity contribution in [3.05, 3.63) is 29.8 Å². The highest BCUT2D eigenvalue weighted by molar-refractivity contribution is 7.13. The van der Waals surface area contributed by atoms with Gasteiger partial charge in [0.2, 0.25) is 0 Å². The fraction of sp³-hybridized carbons (Fsp3) is 0.333. The van der Waals surface area contributed by atoms with Gasteiger partial charge < -0.3 is 4.90 Å². The van der Waals surface area contributed by atoms with E-state index in [1.807, 2.05) is 14.1 Å². The molecule has 2 nitrogen and oxygen atoms in total. The van der Waals surface area contributed by atoms with Gasteiger partial charge in [0.05, 0.1) is 0 Å². The first-order valence-electron chi connectivity index (χ1n) is 3.94. The third-order valence-corrected chi connectivity index (χ3v) is 1.96. The van der Waals surface area contributed by atoms with E-state index in [1.54, 1.807) is 0 Å². The minimum atomic E-state index is 0.901. The molecule has 1 rings (SSSR count). The molecule has 1 aromatic carbocycles. The van der Waals surface area contributed by atoms with Crippen LogP contribution in [0.1, 0.15) is 5.56 Å². The van der Waals surface area contributed by atoms with Crippen molar-refractivity contribution in [2.24, 2.45) is 0 Å².